The summed E-state index contributed by atoms with van der Waals surface area (Å²) in [5, 5.41) is 217. The average Bonchev–Trinajstić information content (AvgIpc) is 0.799. The summed E-state index contributed by atoms with van der Waals surface area (Å²) in [6.07, 6.45) is -14.0. The molecule has 0 amide bonds. The van der Waals surface area contributed by atoms with Crippen LogP contribution in [0.3, 0.4) is 0 Å². The molecule has 12 aromatic carbocycles. The van der Waals surface area contributed by atoms with Crippen molar-refractivity contribution in [2.45, 2.75) is 57.7 Å². The van der Waals surface area contributed by atoms with Crippen LogP contribution in [0.15, 0.2) is 279 Å². The van der Waals surface area contributed by atoms with Gasteiger partial charge < -0.3 is 158 Å². The van der Waals surface area contributed by atoms with Gasteiger partial charge >= 0.3 is 46.1 Å². The number of carbonyl (C=O) groups excluding carboxylic acids is 6. The predicted molar refractivity (Wildman–Crippen MR) is 403 cm³/mol. The normalized spacial score (nSPS) is 10.5. The zero-order valence-corrected chi connectivity index (χ0v) is 64.5. The Morgan fingerprint density at radius 2 is 0.308 bits per heavy atom. The molecule has 31 nitrogen and oxygen atoms in total. The minimum atomic E-state index is -2.02. The van der Waals surface area contributed by atoms with Crippen molar-refractivity contribution >= 4 is 81.9 Å². The number of aliphatic hydroxyl groups excluding tert-OH is 5. The van der Waals surface area contributed by atoms with Crippen LogP contribution in [0, 0.1) is 0 Å². The van der Waals surface area contributed by atoms with Gasteiger partial charge in [0, 0.05) is 28.5 Å². The van der Waals surface area contributed by atoms with Crippen LogP contribution in [0.5, 0.6) is 0 Å². The molecule has 0 aliphatic heterocycles. The van der Waals surface area contributed by atoms with Gasteiger partial charge in [0.1, 0.15) is 0 Å². The van der Waals surface area contributed by atoms with Crippen molar-refractivity contribution in [3.8, 4) is 66.8 Å². The molecule has 0 bridgehead atoms. The molecule has 12 N–H and O–H groups in total. The molecule has 0 fully saturated rings. The van der Waals surface area contributed by atoms with Gasteiger partial charge in [0.25, 0.3) is 0 Å². The standard InChI is InChI=1S/2C27H18O6.C8H9O4.3C8H8O4.CH4.2Mg.3H2O/c2*28-25(29)19-7-1-16(2-8-19)22-13-23(17-3-9-20(10-4-17)26(30)31)15-24(14-22)18-5-11-21(12-6-18)27(32)33;4*9-7(10)5-1-2-6(4-3-5)8(11)12;;;;;;/h2*1-15H,(H,28,29)(H,30,31)(H,32,33);1-4,7-11H;3*1-4,7-10H;1H4;;;3*1H2/q;;-1;3*-2;;2*+2;;;/p-9. The van der Waals surface area contributed by atoms with E-state index in [-0.39, 0.29) is 142 Å². The fourth-order valence-electron chi connectivity index (χ4n) is 10.4. The minimum absolute atomic E-state index is 0. The van der Waals surface area contributed by atoms with E-state index in [9.17, 15) is 95.2 Å². The summed E-state index contributed by atoms with van der Waals surface area (Å²) >= 11 is 0. The van der Waals surface area contributed by atoms with Crippen molar-refractivity contribution in [3.63, 3.8) is 0 Å². The number of benzene rings is 12. The van der Waals surface area contributed by atoms with E-state index in [1.807, 2.05) is 36.4 Å². The molecule has 12 aromatic rings. The second kappa shape index (κ2) is 50.9. The van der Waals surface area contributed by atoms with Crippen molar-refractivity contribution < 1.29 is 158 Å². The summed E-state index contributed by atoms with van der Waals surface area (Å²) in [6.45, 7) is 0. The van der Waals surface area contributed by atoms with Crippen molar-refractivity contribution in [2.75, 3.05) is 0 Å². The van der Waals surface area contributed by atoms with E-state index in [2.05, 4.69) is 0 Å². The maximum atomic E-state index is 11.1. The van der Waals surface area contributed by atoms with E-state index in [1.54, 1.807) is 72.8 Å². The van der Waals surface area contributed by atoms with Crippen LogP contribution in [0.1, 0.15) is 164 Å². The van der Waals surface area contributed by atoms with E-state index in [1.165, 1.54) is 170 Å². The first-order valence-corrected chi connectivity index (χ1v) is 33.4. The molecule has 0 heterocycles. The maximum Gasteiger partial charge on any atom is 2.00 e. The Kier molecular flexibility index (Phi) is 45.0. The van der Waals surface area contributed by atoms with Gasteiger partial charge in [-0.25, -0.2) is 0 Å². The SMILES string of the molecule is C.O=C([O-])c1ccc(-c2cc(-c3ccc(C(=O)[O-])cc3)cc(-c3ccc(C(=O)[O-])cc3)c2)cc1.O=C([O-])c1ccc(-c2cc(-c3ccc(C(=O)[O-])cc3)cc(-c3ccc(C(=O)[O-])cc3)c2)cc1.[Mg+2].[Mg+2].[O-]C(O)c1ccc(C(O)O)cc1.[O-]C([O-])c1ccc(C(O)O)cc1.[O-]C([O-])c1ccc(C(O)O)cc1.[O-]C([O-])c1ccc(C(O)O)cc1.[OH-].[OH-].[OH-]. The van der Waals surface area contributed by atoms with Gasteiger partial charge in [0.15, 0.2) is 25.2 Å². The quantitative estimate of drug-likeness (QED) is 0.0273. The second-order valence-corrected chi connectivity index (χ2v) is 24.3. The molecular formula is C87H70Mg2O31-12. The molecule has 0 aromatic heterocycles. The summed E-state index contributed by atoms with van der Waals surface area (Å²) in [5.74, 6) is -7.60. The van der Waals surface area contributed by atoms with Crippen LogP contribution in [0.4, 0.5) is 0 Å². The third-order valence-electron chi connectivity index (χ3n) is 16.6. The molecule has 620 valence electrons. The molecule has 0 radical (unpaired) electrons. The minimum Gasteiger partial charge on any atom is -0.870 e. The molecular weight excluding hydrogens is 1590 g/mol. The van der Waals surface area contributed by atoms with E-state index >= 15 is 0 Å². The van der Waals surface area contributed by atoms with E-state index in [0.29, 0.717) is 5.56 Å². The average molecular weight is 1660 g/mol. The van der Waals surface area contributed by atoms with Crippen LogP contribution in [-0.4, -0.2) is 144 Å². The monoisotopic (exact) mass is 1660 g/mol. The fraction of sp³-hybridized carbons (Fsp3) is 0.103. The van der Waals surface area contributed by atoms with Crippen LogP contribution in [0.2, 0.25) is 0 Å². The third-order valence-corrected chi connectivity index (χ3v) is 16.6. The van der Waals surface area contributed by atoms with Crippen molar-refractivity contribution in [3.05, 3.63) is 357 Å². The first-order valence-electron chi connectivity index (χ1n) is 33.4. The molecule has 0 aliphatic rings. The van der Waals surface area contributed by atoms with Crippen molar-refractivity contribution in [1.82, 2.24) is 0 Å². The fourth-order valence-corrected chi connectivity index (χ4v) is 10.4. The number of aromatic carboxylic acids is 6. The largest absolute Gasteiger partial charge is 2.00 e. The molecule has 0 spiro atoms. The molecule has 1 atom stereocenters. The van der Waals surface area contributed by atoms with Crippen molar-refractivity contribution in [2.24, 2.45) is 0 Å². The number of carboxylic acid groups (broad SMARTS) is 6. The Bertz CT molecular complexity index is 4260. The molecule has 0 saturated carbocycles. The first-order chi connectivity index (χ1) is 54.1. The Labute approximate surface area is 716 Å². The van der Waals surface area contributed by atoms with E-state index in [4.69, 9.17) is 46.0 Å². The first kappa shape index (κ1) is 106. The number of carbonyl (C=O) groups is 6. The summed E-state index contributed by atoms with van der Waals surface area (Å²) in [4.78, 5) is 66.4. The molecule has 1 unspecified atom stereocenters. The molecule has 33 heteroatoms. The number of carboxylic acids is 6. The molecule has 0 saturated heterocycles. The summed E-state index contributed by atoms with van der Waals surface area (Å²) in [7, 11) is 0. The second-order valence-electron chi connectivity index (χ2n) is 24.3. The number of hydrogen-bond donors (Lipinski definition) is 9. The topological polar surface area (TPSA) is 674 Å². The smallest absolute Gasteiger partial charge is 0.870 e. The molecule has 0 aliphatic carbocycles. The Hall–Kier alpha value is -11.8. The Morgan fingerprint density at radius 1 is 0.192 bits per heavy atom. The van der Waals surface area contributed by atoms with Crippen LogP contribution < -0.4 is 66.4 Å². The summed E-state index contributed by atoms with van der Waals surface area (Å²) < 4.78 is 0. The predicted octanol–water partition coefficient (Wildman–Crippen LogP) is -2.91. The molecule has 120 heavy (non-hydrogen) atoms. The maximum absolute atomic E-state index is 11.1. The Morgan fingerprint density at radius 3 is 0.408 bits per heavy atom. The zero-order chi connectivity index (χ0) is 83.6. The Balaban J connectivity index is 0.000000763. The number of aliphatic hydroxyl groups is 9. The van der Waals surface area contributed by atoms with Gasteiger partial charge in [0.2, 0.25) is 0 Å². The van der Waals surface area contributed by atoms with Gasteiger partial charge in [-0.15, -0.1) is 0 Å². The summed E-state index contributed by atoms with van der Waals surface area (Å²) in [5.41, 5.74) is 11.3. The van der Waals surface area contributed by atoms with E-state index in [0.717, 1.165) is 66.8 Å². The molecule has 12 rings (SSSR count). The van der Waals surface area contributed by atoms with Crippen molar-refractivity contribution in [1.29, 1.82) is 0 Å². The van der Waals surface area contributed by atoms with E-state index < -0.39 is 86.1 Å². The van der Waals surface area contributed by atoms with Gasteiger partial charge in [-0.3, -0.25) is 0 Å². The van der Waals surface area contributed by atoms with Gasteiger partial charge in [-0.2, -0.15) is 18.9 Å². The number of hydrogen-bond acceptors (Lipinski definition) is 31. The van der Waals surface area contributed by atoms with Crippen LogP contribution in [-0.2, 0) is 0 Å². The van der Waals surface area contributed by atoms with Crippen LogP contribution >= 0.6 is 0 Å². The van der Waals surface area contributed by atoms with Gasteiger partial charge in [0.05, 0.1) is 35.8 Å². The number of rotatable bonds is 20. The third kappa shape index (κ3) is 31.8. The van der Waals surface area contributed by atoms with Gasteiger partial charge in [-0.1, -0.05) is 267 Å². The van der Waals surface area contributed by atoms with Crippen LogP contribution in [0.25, 0.3) is 66.8 Å². The zero-order valence-electron chi connectivity index (χ0n) is 61.7. The van der Waals surface area contributed by atoms with Gasteiger partial charge in [-0.05, 0) is 142 Å². The summed E-state index contributed by atoms with van der Waals surface area (Å²) in [6, 6.07) is 70.2.